The zero-order valence-corrected chi connectivity index (χ0v) is 16.7. The van der Waals surface area contributed by atoms with Crippen molar-refractivity contribution >= 4 is 11.7 Å². The fourth-order valence-corrected chi connectivity index (χ4v) is 3.42. The quantitative estimate of drug-likeness (QED) is 0.672. The minimum atomic E-state index is -0.0200. The molecular formula is C22H22N6O. The molecule has 1 amide bonds. The van der Waals surface area contributed by atoms with Gasteiger partial charge in [0.1, 0.15) is 11.5 Å². The molecule has 3 aromatic rings. The number of rotatable bonds is 5. The number of amides is 1. The number of allylic oxidation sites excluding steroid dienone is 1. The summed E-state index contributed by atoms with van der Waals surface area (Å²) in [6, 6.07) is 16.1. The summed E-state index contributed by atoms with van der Waals surface area (Å²) in [5, 5.41) is 14.3. The van der Waals surface area contributed by atoms with Crippen molar-refractivity contribution in [1.82, 2.24) is 25.5 Å². The Kier molecular flexibility index (Phi) is 5.03. The molecule has 0 atom stereocenters. The number of aromatic nitrogens is 4. The molecule has 0 unspecified atom stereocenters. The van der Waals surface area contributed by atoms with Crippen molar-refractivity contribution in [2.75, 3.05) is 0 Å². The van der Waals surface area contributed by atoms with Crippen molar-refractivity contribution in [2.24, 2.45) is 4.99 Å². The van der Waals surface area contributed by atoms with Gasteiger partial charge in [-0.3, -0.25) is 9.69 Å². The van der Waals surface area contributed by atoms with Gasteiger partial charge in [0, 0.05) is 12.0 Å². The standard InChI is InChI=1S/C22H22N6O/c1-4-19-23-20(14(2)3)22(29)28(19)13-15-9-11-16(12-10-15)17-7-5-6-8-18(17)21-24-26-27-25-21/h5-12H,4,13H2,1-3H3,(H,24,25,26,27). The van der Waals surface area contributed by atoms with E-state index in [2.05, 4.69) is 37.7 Å². The summed E-state index contributed by atoms with van der Waals surface area (Å²) >= 11 is 0. The van der Waals surface area contributed by atoms with Crippen LogP contribution in [0.15, 0.2) is 64.8 Å². The highest BCUT2D eigenvalue weighted by atomic mass is 16.2. The van der Waals surface area contributed by atoms with Crippen LogP contribution in [0.3, 0.4) is 0 Å². The van der Waals surface area contributed by atoms with Gasteiger partial charge in [-0.05, 0) is 41.3 Å². The second-order valence-corrected chi connectivity index (χ2v) is 7.10. The van der Waals surface area contributed by atoms with Crippen LogP contribution in [0.4, 0.5) is 0 Å². The average molecular weight is 386 g/mol. The predicted molar refractivity (Wildman–Crippen MR) is 112 cm³/mol. The van der Waals surface area contributed by atoms with E-state index in [1.807, 2.05) is 57.2 Å². The lowest BCUT2D eigenvalue weighted by atomic mass is 9.98. The molecule has 29 heavy (non-hydrogen) atoms. The SMILES string of the molecule is CCC1=NC(=C(C)C)C(=O)N1Cc1ccc(-c2ccccc2-c2nn[nH]n2)cc1. The minimum absolute atomic E-state index is 0.0200. The van der Waals surface area contributed by atoms with Crippen LogP contribution in [0, 0.1) is 0 Å². The number of nitrogens with one attached hydrogen (secondary N) is 1. The fourth-order valence-electron chi connectivity index (χ4n) is 3.42. The highest BCUT2D eigenvalue weighted by Crippen LogP contribution is 2.30. The zero-order chi connectivity index (χ0) is 20.4. The molecule has 1 aliphatic rings. The molecule has 4 rings (SSSR count). The van der Waals surface area contributed by atoms with Crippen molar-refractivity contribution in [3.05, 3.63) is 65.4 Å². The van der Waals surface area contributed by atoms with Gasteiger partial charge in [-0.15, -0.1) is 10.2 Å². The largest absolute Gasteiger partial charge is 0.290 e. The molecule has 0 saturated carbocycles. The monoisotopic (exact) mass is 386 g/mol. The maximum atomic E-state index is 12.7. The van der Waals surface area contributed by atoms with Crippen molar-refractivity contribution in [3.63, 3.8) is 0 Å². The first-order valence-electron chi connectivity index (χ1n) is 9.57. The van der Waals surface area contributed by atoms with Crippen LogP contribution in [0.2, 0.25) is 0 Å². The molecule has 1 N–H and O–H groups in total. The third-order valence-electron chi connectivity index (χ3n) is 4.91. The summed E-state index contributed by atoms with van der Waals surface area (Å²) in [4.78, 5) is 19.0. The van der Waals surface area contributed by atoms with E-state index < -0.39 is 0 Å². The molecule has 2 aromatic carbocycles. The maximum absolute atomic E-state index is 12.7. The molecule has 0 radical (unpaired) electrons. The smallest absolute Gasteiger partial charge is 0.278 e. The summed E-state index contributed by atoms with van der Waals surface area (Å²) in [6.07, 6.45) is 0.721. The molecule has 1 aliphatic heterocycles. The number of hydrogen-bond donors (Lipinski definition) is 1. The number of benzene rings is 2. The Morgan fingerprint density at radius 3 is 2.38 bits per heavy atom. The Hall–Kier alpha value is -3.61. The Labute approximate surface area is 169 Å². The van der Waals surface area contributed by atoms with Crippen LogP contribution in [-0.4, -0.2) is 37.3 Å². The molecule has 7 nitrogen and oxygen atoms in total. The predicted octanol–water partition coefficient (Wildman–Crippen LogP) is 3.98. The van der Waals surface area contributed by atoms with Crippen molar-refractivity contribution in [3.8, 4) is 22.5 Å². The van der Waals surface area contributed by atoms with Crippen molar-refractivity contribution in [2.45, 2.75) is 33.7 Å². The molecule has 0 saturated heterocycles. The molecule has 1 aromatic heterocycles. The molecular weight excluding hydrogens is 364 g/mol. The van der Waals surface area contributed by atoms with E-state index >= 15 is 0 Å². The molecule has 0 aliphatic carbocycles. The summed E-state index contributed by atoms with van der Waals surface area (Å²) in [7, 11) is 0. The highest BCUT2D eigenvalue weighted by Gasteiger charge is 2.29. The van der Waals surface area contributed by atoms with Gasteiger partial charge in [-0.2, -0.15) is 5.21 Å². The van der Waals surface area contributed by atoms with Crippen molar-refractivity contribution < 1.29 is 4.79 Å². The van der Waals surface area contributed by atoms with E-state index in [1.54, 1.807) is 4.90 Å². The van der Waals surface area contributed by atoms with Gasteiger partial charge in [0.25, 0.3) is 5.91 Å². The Morgan fingerprint density at radius 1 is 1.03 bits per heavy atom. The second-order valence-electron chi connectivity index (χ2n) is 7.10. The van der Waals surface area contributed by atoms with Gasteiger partial charge in [0.05, 0.1) is 6.54 Å². The van der Waals surface area contributed by atoms with Crippen LogP contribution >= 0.6 is 0 Å². The second kappa shape index (κ2) is 7.79. The van der Waals surface area contributed by atoms with Gasteiger partial charge in [-0.25, -0.2) is 4.99 Å². The third kappa shape index (κ3) is 3.59. The summed E-state index contributed by atoms with van der Waals surface area (Å²) in [5.41, 5.74) is 5.55. The number of H-pyrrole nitrogens is 1. The Morgan fingerprint density at radius 2 is 1.76 bits per heavy atom. The first kappa shape index (κ1) is 18.7. The van der Waals surface area contributed by atoms with Crippen molar-refractivity contribution in [1.29, 1.82) is 0 Å². The van der Waals surface area contributed by atoms with Crippen LogP contribution < -0.4 is 0 Å². The molecule has 7 heteroatoms. The lowest BCUT2D eigenvalue weighted by molar-refractivity contribution is -0.123. The van der Waals surface area contributed by atoms with Crippen LogP contribution in [-0.2, 0) is 11.3 Å². The number of amidine groups is 1. The number of carbonyl (C=O) groups is 1. The highest BCUT2D eigenvalue weighted by molar-refractivity contribution is 6.12. The topological polar surface area (TPSA) is 87.1 Å². The van der Waals surface area contributed by atoms with Gasteiger partial charge in [-0.1, -0.05) is 55.5 Å². The number of aromatic amines is 1. The number of aliphatic imine (C=N–C) groups is 1. The first-order valence-corrected chi connectivity index (χ1v) is 9.57. The Bertz CT molecular complexity index is 1090. The molecule has 0 bridgehead atoms. The minimum Gasteiger partial charge on any atom is -0.290 e. The Balaban J connectivity index is 1.60. The van der Waals surface area contributed by atoms with E-state index in [-0.39, 0.29) is 5.91 Å². The summed E-state index contributed by atoms with van der Waals surface area (Å²) < 4.78 is 0. The van der Waals surface area contributed by atoms with Gasteiger partial charge >= 0.3 is 0 Å². The van der Waals surface area contributed by atoms with E-state index in [1.165, 1.54) is 0 Å². The van der Waals surface area contributed by atoms with Crippen LogP contribution in [0.5, 0.6) is 0 Å². The maximum Gasteiger partial charge on any atom is 0.278 e. The lowest BCUT2D eigenvalue weighted by Gasteiger charge is -2.18. The third-order valence-corrected chi connectivity index (χ3v) is 4.91. The van der Waals surface area contributed by atoms with E-state index in [0.29, 0.717) is 18.1 Å². The summed E-state index contributed by atoms with van der Waals surface area (Å²) in [6.45, 7) is 6.37. The average Bonchev–Trinajstić information content (AvgIpc) is 3.38. The normalized spacial score (nSPS) is 13.8. The lowest BCUT2D eigenvalue weighted by Crippen LogP contribution is -2.31. The fraction of sp³-hybridized carbons (Fsp3) is 0.227. The number of carbonyl (C=O) groups excluding carboxylic acids is 1. The number of hydrogen-bond acceptors (Lipinski definition) is 5. The molecule has 0 fully saturated rings. The van der Waals surface area contributed by atoms with Gasteiger partial charge in [0.2, 0.25) is 5.82 Å². The number of nitrogens with zero attached hydrogens (tertiary/aromatic N) is 5. The van der Waals surface area contributed by atoms with Gasteiger partial charge in [0.15, 0.2) is 0 Å². The van der Waals surface area contributed by atoms with E-state index in [9.17, 15) is 4.79 Å². The van der Waals surface area contributed by atoms with Crippen LogP contribution in [0.1, 0.15) is 32.8 Å². The van der Waals surface area contributed by atoms with Gasteiger partial charge < -0.3 is 0 Å². The molecule has 2 heterocycles. The zero-order valence-electron chi connectivity index (χ0n) is 16.7. The summed E-state index contributed by atoms with van der Waals surface area (Å²) in [5.74, 6) is 1.36. The molecule has 146 valence electrons. The number of tetrazole rings is 1. The van der Waals surface area contributed by atoms with E-state index in [0.717, 1.165) is 40.1 Å². The van der Waals surface area contributed by atoms with E-state index in [4.69, 9.17) is 0 Å². The van der Waals surface area contributed by atoms with Crippen LogP contribution in [0.25, 0.3) is 22.5 Å². The first-order chi connectivity index (χ1) is 14.1. The molecule has 0 spiro atoms.